The molecule has 1 aliphatic heterocycles. The molecule has 1 fully saturated rings. The van der Waals surface area contributed by atoms with Gasteiger partial charge in [0.2, 0.25) is 0 Å². The molecule has 0 aromatic heterocycles. The summed E-state index contributed by atoms with van der Waals surface area (Å²) in [5.74, 6) is 0. The van der Waals surface area contributed by atoms with Crippen LogP contribution < -0.4 is 5.73 Å². The van der Waals surface area contributed by atoms with Gasteiger partial charge < -0.3 is 10.6 Å². The number of nitrogens with two attached hydrogens (primary N) is 1. The molecule has 0 bridgehead atoms. The molecular weight excluding hydrogens is 222 g/mol. The number of nitrogens with zero attached hydrogens (tertiary/aromatic N) is 2. The van der Waals surface area contributed by atoms with Gasteiger partial charge in [-0.3, -0.25) is 4.90 Å². The van der Waals surface area contributed by atoms with E-state index in [0.29, 0.717) is 0 Å². The van der Waals surface area contributed by atoms with Crippen molar-refractivity contribution in [1.82, 2.24) is 9.80 Å². The lowest BCUT2D eigenvalue weighted by atomic mass is 10.1. The second-order valence-electron chi connectivity index (χ2n) is 5.69. The highest BCUT2D eigenvalue weighted by atomic mass is 15.2. The van der Waals surface area contributed by atoms with Crippen molar-refractivity contribution in [3.8, 4) is 0 Å². The van der Waals surface area contributed by atoms with E-state index in [4.69, 9.17) is 5.73 Å². The molecular formula is C15H25N3. The van der Waals surface area contributed by atoms with Gasteiger partial charge in [-0.15, -0.1) is 0 Å². The first-order chi connectivity index (χ1) is 8.54. The van der Waals surface area contributed by atoms with E-state index in [1.165, 1.54) is 16.7 Å². The third kappa shape index (κ3) is 3.55. The number of aryl methyl sites for hydroxylation is 2. The van der Waals surface area contributed by atoms with E-state index in [2.05, 4.69) is 48.9 Å². The van der Waals surface area contributed by atoms with Crippen molar-refractivity contribution >= 4 is 0 Å². The molecule has 3 heteroatoms. The lowest BCUT2D eigenvalue weighted by molar-refractivity contribution is 0.264. The van der Waals surface area contributed by atoms with Gasteiger partial charge in [0, 0.05) is 38.8 Å². The van der Waals surface area contributed by atoms with Crippen molar-refractivity contribution in [2.45, 2.75) is 26.4 Å². The van der Waals surface area contributed by atoms with Crippen LogP contribution in [0.4, 0.5) is 0 Å². The lowest BCUT2D eigenvalue weighted by Crippen LogP contribution is -2.39. The highest BCUT2D eigenvalue weighted by molar-refractivity contribution is 5.30. The van der Waals surface area contributed by atoms with Crippen LogP contribution in [0, 0.1) is 13.8 Å². The highest BCUT2D eigenvalue weighted by Crippen LogP contribution is 2.14. The van der Waals surface area contributed by atoms with Gasteiger partial charge in [-0.05, 0) is 32.0 Å². The molecule has 1 heterocycles. The van der Waals surface area contributed by atoms with Crippen molar-refractivity contribution < 1.29 is 0 Å². The number of rotatable bonds is 2. The molecule has 1 saturated heterocycles. The normalized spacial score (nSPS) is 23.0. The molecule has 1 aromatic carbocycles. The number of likely N-dealkylation sites (N-methyl/N-ethyl adjacent to an activating group) is 1. The van der Waals surface area contributed by atoms with Crippen LogP contribution in [0.5, 0.6) is 0 Å². The minimum absolute atomic E-state index is 0.266. The number of benzene rings is 1. The molecule has 0 spiro atoms. The Kier molecular flexibility index (Phi) is 4.38. The standard InChI is InChI=1S/C15H25N3/c1-12-4-5-13(2)14(8-12)9-18-7-6-17(3)10-15(16)11-18/h4-5,8,15H,6-7,9-11,16H2,1-3H3. The Morgan fingerprint density at radius 3 is 2.78 bits per heavy atom. The quantitative estimate of drug-likeness (QED) is 0.857. The zero-order chi connectivity index (χ0) is 13.1. The third-order valence-corrected chi connectivity index (χ3v) is 3.74. The smallest absolute Gasteiger partial charge is 0.0297 e. The molecule has 2 N–H and O–H groups in total. The summed E-state index contributed by atoms with van der Waals surface area (Å²) < 4.78 is 0. The first-order valence-electron chi connectivity index (χ1n) is 6.77. The SMILES string of the molecule is Cc1ccc(C)c(CN2CCN(C)CC(N)C2)c1. The van der Waals surface area contributed by atoms with Crippen LogP contribution >= 0.6 is 0 Å². The Labute approximate surface area is 111 Å². The van der Waals surface area contributed by atoms with Crippen molar-refractivity contribution in [1.29, 1.82) is 0 Å². The number of hydrogen-bond donors (Lipinski definition) is 1. The molecule has 2 rings (SSSR count). The molecule has 1 aliphatic rings. The van der Waals surface area contributed by atoms with E-state index in [9.17, 15) is 0 Å². The van der Waals surface area contributed by atoms with E-state index >= 15 is 0 Å². The minimum atomic E-state index is 0.266. The lowest BCUT2D eigenvalue weighted by Gasteiger charge is -2.23. The van der Waals surface area contributed by atoms with Crippen LogP contribution in [0.25, 0.3) is 0 Å². The average molecular weight is 247 g/mol. The van der Waals surface area contributed by atoms with Gasteiger partial charge in [-0.2, -0.15) is 0 Å². The van der Waals surface area contributed by atoms with Gasteiger partial charge in [0.1, 0.15) is 0 Å². The molecule has 1 aromatic rings. The maximum atomic E-state index is 6.15. The number of hydrogen-bond acceptors (Lipinski definition) is 3. The van der Waals surface area contributed by atoms with Crippen LogP contribution in [0.3, 0.4) is 0 Å². The van der Waals surface area contributed by atoms with Crippen molar-refractivity contribution in [3.05, 3.63) is 34.9 Å². The summed E-state index contributed by atoms with van der Waals surface area (Å²) in [6.07, 6.45) is 0. The van der Waals surface area contributed by atoms with Gasteiger partial charge >= 0.3 is 0 Å². The fourth-order valence-corrected chi connectivity index (χ4v) is 2.64. The zero-order valence-electron chi connectivity index (χ0n) is 11.8. The second-order valence-corrected chi connectivity index (χ2v) is 5.69. The minimum Gasteiger partial charge on any atom is -0.325 e. The summed E-state index contributed by atoms with van der Waals surface area (Å²) in [5, 5.41) is 0. The summed E-state index contributed by atoms with van der Waals surface area (Å²) in [6.45, 7) is 9.59. The van der Waals surface area contributed by atoms with Gasteiger partial charge in [0.05, 0.1) is 0 Å². The Bertz CT molecular complexity index is 403. The summed E-state index contributed by atoms with van der Waals surface area (Å²) >= 11 is 0. The molecule has 0 saturated carbocycles. The van der Waals surface area contributed by atoms with Crippen LogP contribution in [0.2, 0.25) is 0 Å². The van der Waals surface area contributed by atoms with Crippen LogP contribution in [-0.2, 0) is 6.54 Å². The van der Waals surface area contributed by atoms with Gasteiger partial charge in [0.25, 0.3) is 0 Å². The maximum absolute atomic E-state index is 6.15. The fraction of sp³-hybridized carbons (Fsp3) is 0.600. The van der Waals surface area contributed by atoms with Gasteiger partial charge in [0.15, 0.2) is 0 Å². The largest absolute Gasteiger partial charge is 0.325 e. The molecule has 0 aliphatic carbocycles. The molecule has 100 valence electrons. The second kappa shape index (κ2) is 5.83. The van der Waals surface area contributed by atoms with E-state index in [1.807, 2.05) is 0 Å². The zero-order valence-corrected chi connectivity index (χ0v) is 11.8. The molecule has 1 atom stereocenters. The summed E-state index contributed by atoms with van der Waals surface area (Å²) in [6, 6.07) is 6.97. The van der Waals surface area contributed by atoms with Gasteiger partial charge in [-0.1, -0.05) is 23.8 Å². The summed E-state index contributed by atoms with van der Waals surface area (Å²) in [7, 11) is 2.15. The Hall–Kier alpha value is -0.900. The summed E-state index contributed by atoms with van der Waals surface area (Å²) in [4.78, 5) is 4.81. The first kappa shape index (κ1) is 13.5. The summed E-state index contributed by atoms with van der Waals surface area (Å²) in [5.41, 5.74) is 10.3. The highest BCUT2D eigenvalue weighted by Gasteiger charge is 2.18. The molecule has 1 unspecified atom stereocenters. The van der Waals surface area contributed by atoms with E-state index in [0.717, 1.165) is 32.7 Å². The van der Waals surface area contributed by atoms with Crippen molar-refractivity contribution in [3.63, 3.8) is 0 Å². The fourth-order valence-electron chi connectivity index (χ4n) is 2.64. The monoisotopic (exact) mass is 247 g/mol. The van der Waals surface area contributed by atoms with E-state index in [-0.39, 0.29) is 6.04 Å². The van der Waals surface area contributed by atoms with Crippen molar-refractivity contribution in [2.24, 2.45) is 5.73 Å². The third-order valence-electron chi connectivity index (χ3n) is 3.74. The molecule has 0 amide bonds. The van der Waals surface area contributed by atoms with E-state index < -0.39 is 0 Å². The van der Waals surface area contributed by atoms with Gasteiger partial charge in [-0.25, -0.2) is 0 Å². The van der Waals surface area contributed by atoms with E-state index in [1.54, 1.807) is 0 Å². The van der Waals surface area contributed by atoms with Crippen LogP contribution in [0.1, 0.15) is 16.7 Å². The Morgan fingerprint density at radius 1 is 1.22 bits per heavy atom. The Balaban J connectivity index is 2.06. The van der Waals surface area contributed by atoms with Crippen molar-refractivity contribution in [2.75, 3.05) is 33.2 Å². The maximum Gasteiger partial charge on any atom is 0.0297 e. The molecule has 18 heavy (non-hydrogen) atoms. The average Bonchev–Trinajstić information content (AvgIpc) is 2.45. The predicted molar refractivity (Wildman–Crippen MR) is 76.7 cm³/mol. The molecule has 3 nitrogen and oxygen atoms in total. The Morgan fingerprint density at radius 2 is 2.00 bits per heavy atom. The molecule has 0 radical (unpaired) electrons. The topological polar surface area (TPSA) is 32.5 Å². The van der Waals surface area contributed by atoms with Crippen LogP contribution in [0.15, 0.2) is 18.2 Å². The first-order valence-corrected chi connectivity index (χ1v) is 6.77. The van der Waals surface area contributed by atoms with Crippen LogP contribution in [-0.4, -0.2) is 49.1 Å². The predicted octanol–water partition coefficient (Wildman–Crippen LogP) is 1.38.